The number of hydrogen-bond acceptors (Lipinski definition) is 2. The molecule has 5 heteroatoms. The first-order valence-corrected chi connectivity index (χ1v) is 8.42. The van der Waals surface area contributed by atoms with Gasteiger partial charge in [0.05, 0.1) is 6.04 Å². The fourth-order valence-corrected chi connectivity index (χ4v) is 3.78. The molecule has 4 rings (SSSR count). The van der Waals surface area contributed by atoms with Crippen LogP contribution in [0.2, 0.25) is 5.02 Å². The molecule has 2 heterocycles. The first-order chi connectivity index (χ1) is 11.4. The highest BCUT2D eigenvalue weighted by Gasteiger charge is 2.49. The molecule has 124 valence electrons. The summed E-state index contributed by atoms with van der Waals surface area (Å²) in [6.07, 6.45) is 0.666. The van der Waals surface area contributed by atoms with Gasteiger partial charge in [-0.15, -0.1) is 0 Å². The van der Waals surface area contributed by atoms with Gasteiger partial charge >= 0.3 is 6.03 Å². The van der Waals surface area contributed by atoms with Gasteiger partial charge in [0.25, 0.3) is 0 Å². The van der Waals surface area contributed by atoms with E-state index in [1.165, 1.54) is 5.56 Å². The molecule has 4 nitrogen and oxygen atoms in total. The first-order valence-electron chi connectivity index (χ1n) is 8.04. The van der Waals surface area contributed by atoms with Gasteiger partial charge in [0.2, 0.25) is 0 Å². The Hall–Kier alpha value is -2.20. The van der Waals surface area contributed by atoms with E-state index in [0.29, 0.717) is 11.4 Å². The Labute approximate surface area is 146 Å². The average molecular weight is 343 g/mol. The number of benzene rings is 2. The number of fused-ring (bicyclic) bond motifs is 4. The third-order valence-corrected chi connectivity index (χ3v) is 5.22. The van der Waals surface area contributed by atoms with Crippen molar-refractivity contribution in [2.24, 2.45) is 0 Å². The molecule has 2 bridgehead atoms. The maximum Gasteiger partial charge on any atom is 0.325 e. The lowest BCUT2D eigenvalue weighted by molar-refractivity contribution is 0.0379. The number of rotatable bonds is 1. The average Bonchev–Trinajstić information content (AvgIpc) is 2.51. The van der Waals surface area contributed by atoms with E-state index in [2.05, 4.69) is 12.2 Å². The Morgan fingerprint density at radius 1 is 1.21 bits per heavy atom. The highest BCUT2D eigenvalue weighted by molar-refractivity contribution is 6.30. The van der Waals surface area contributed by atoms with Crippen LogP contribution in [0.5, 0.6) is 5.75 Å². The lowest BCUT2D eigenvalue weighted by Gasteiger charge is -2.50. The molecule has 2 amide bonds. The summed E-state index contributed by atoms with van der Waals surface area (Å²) in [5.41, 5.74) is 3.40. The summed E-state index contributed by atoms with van der Waals surface area (Å²) in [7, 11) is 0. The monoisotopic (exact) mass is 342 g/mol. The van der Waals surface area contributed by atoms with Crippen LogP contribution in [0.4, 0.5) is 10.5 Å². The Morgan fingerprint density at radius 2 is 2.00 bits per heavy atom. The Bertz CT molecular complexity index is 851. The van der Waals surface area contributed by atoms with Crippen LogP contribution < -0.4 is 15.0 Å². The SMILES string of the molecule is Cc1ccc(N2C(=O)N[C@H]3C[C@]2(C)Oc2ccc(Cl)cc23)cc1C. The zero-order valence-corrected chi connectivity index (χ0v) is 14.6. The molecule has 0 spiro atoms. The molecule has 0 aromatic heterocycles. The fourth-order valence-electron chi connectivity index (χ4n) is 3.60. The van der Waals surface area contributed by atoms with Gasteiger partial charge in [0, 0.05) is 22.7 Å². The van der Waals surface area contributed by atoms with Crippen LogP contribution in [-0.4, -0.2) is 11.8 Å². The topological polar surface area (TPSA) is 41.6 Å². The van der Waals surface area contributed by atoms with Gasteiger partial charge in [-0.1, -0.05) is 17.7 Å². The molecule has 1 N–H and O–H groups in total. The third-order valence-electron chi connectivity index (χ3n) is 4.98. The quantitative estimate of drug-likeness (QED) is 0.814. The van der Waals surface area contributed by atoms with Crippen LogP contribution in [0.15, 0.2) is 36.4 Å². The molecule has 0 radical (unpaired) electrons. The predicted octanol–water partition coefficient (Wildman–Crippen LogP) is 4.73. The number of carbonyl (C=O) groups is 1. The summed E-state index contributed by atoms with van der Waals surface area (Å²) < 4.78 is 6.26. The van der Waals surface area contributed by atoms with E-state index in [4.69, 9.17) is 16.3 Å². The van der Waals surface area contributed by atoms with Gasteiger partial charge in [0.1, 0.15) is 5.75 Å². The fraction of sp³-hybridized carbons (Fsp3) is 0.316. The second-order valence-corrected chi connectivity index (χ2v) is 7.21. The van der Waals surface area contributed by atoms with Crippen molar-refractivity contribution >= 4 is 23.3 Å². The molecular formula is C19H19ClN2O2. The maximum atomic E-state index is 12.8. The lowest BCUT2D eigenvalue weighted by Crippen LogP contribution is -2.65. The molecule has 24 heavy (non-hydrogen) atoms. The number of amides is 2. The Balaban J connectivity index is 1.80. The van der Waals surface area contributed by atoms with Crippen LogP contribution in [0.3, 0.4) is 0 Å². The van der Waals surface area contributed by atoms with Gasteiger partial charge < -0.3 is 10.1 Å². The largest absolute Gasteiger partial charge is 0.467 e. The smallest absolute Gasteiger partial charge is 0.325 e. The van der Waals surface area contributed by atoms with Crippen molar-refractivity contribution in [3.63, 3.8) is 0 Å². The number of halogens is 1. The van der Waals surface area contributed by atoms with E-state index >= 15 is 0 Å². The van der Waals surface area contributed by atoms with E-state index in [1.54, 1.807) is 4.90 Å². The predicted molar refractivity (Wildman–Crippen MR) is 94.8 cm³/mol. The molecule has 2 aliphatic rings. The zero-order valence-electron chi connectivity index (χ0n) is 13.9. The van der Waals surface area contributed by atoms with Crippen molar-refractivity contribution in [2.45, 2.75) is 39.0 Å². The highest BCUT2D eigenvalue weighted by atomic mass is 35.5. The van der Waals surface area contributed by atoms with Gasteiger partial charge in [-0.25, -0.2) is 4.79 Å². The number of urea groups is 1. The van der Waals surface area contributed by atoms with Crippen molar-refractivity contribution in [1.82, 2.24) is 5.32 Å². The summed E-state index contributed by atoms with van der Waals surface area (Å²) in [6.45, 7) is 6.07. The minimum Gasteiger partial charge on any atom is -0.467 e. The van der Waals surface area contributed by atoms with Gasteiger partial charge in [0.15, 0.2) is 5.72 Å². The summed E-state index contributed by atoms with van der Waals surface area (Å²) >= 11 is 6.10. The van der Waals surface area contributed by atoms with Gasteiger partial charge in [-0.2, -0.15) is 0 Å². The molecule has 2 aliphatic heterocycles. The zero-order chi connectivity index (χ0) is 17.1. The molecule has 2 aromatic rings. The van der Waals surface area contributed by atoms with Crippen LogP contribution in [0.1, 0.15) is 36.1 Å². The molecule has 1 saturated heterocycles. The number of nitrogens with zero attached hydrogens (tertiary/aromatic N) is 1. The molecule has 0 saturated carbocycles. The number of aryl methyl sites for hydroxylation is 2. The first kappa shape index (κ1) is 15.3. The number of carbonyl (C=O) groups excluding carboxylic acids is 1. The van der Waals surface area contributed by atoms with E-state index < -0.39 is 5.72 Å². The lowest BCUT2D eigenvalue weighted by atomic mass is 9.90. The minimum atomic E-state index is -0.727. The normalized spacial score (nSPS) is 24.9. The number of nitrogens with one attached hydrogen (secondary N) is 1. The second-order valence-electron chi connectivity index (χ2n) is 6.77. The molecule has 0 unspecified atom stereocenters. The van der Waals surface area contributed by atoms with Crippen molar-refractivity contribution in [1.29, 1.82) is 0 Å². The number of anilines is 1. The van der Waals surface area contributed by atoms with E-state index in [9.17, 15) is 4.79 Å². The molecule has 1 fully saturated rings. The molecule has 2 aromatic carbocycles. The molecule has 2 atom stereocenters. The highest BCUT2D eigenvalue weighted by Crippen LogP contribution is 2.46. The molecule has 0 aliphatic carbocycles. The second kappa shape index (κ2) is 5.15. The van der Waals surface area contributed by atoms with Crippen molar-refractivity contribution in [3.05, 3.63) is 58.1 Å². The van der Waals surface area contributed by atoms with Gasteiger partial charge in [-0.05, 0) is 62.2 Å². The standard InChI is InChI=1S/C19H19ClN2O2/c1-11-4-6-14(8-12(11)2)22-18(23)21-16-10-19(22,3)24-17-7-5-13(20)9-15(16)17/h4-9,16H,10H2,1-3H3,(H,21,23)/t16-,19-/m0/s1. The summed E-state index contributed by atoms with van der Waals surface area (Å²) in [6, 6.07) is 11.3. The number of hydrogen-bond donors (Lipinski definition) is 1. The summed E-state index contributed by atoms with van der Waals surface area (Å²) in [4.78, 5) is 14.5. The summed E-state index contributed by atoms with van der Waals surface area (Å²) in [5, 5.41) is 3.73. The van der Waals surface area contributed by atoms with Crippen molar-refractivity contribution in [3.8, 4) is 5.75 Å². The van der Waals surface area contributed by atoms with Crippen LogP contribution in [0.25, 0.3) is 0 Å². The third kappa shape index (κ3) is 2.25. The van der Waals surface area contributed by atoms with E-state index in [-0.39, 0.29) is 12.1 Å². The number of ether oxygens (including phenoxy) is 1. The molecular weight excluding hydrogens is 324 g/mol. The van der Waals surface area contributed by atoms with E-state index in [0.717, 1.165) is 22.6 Å². The van der Waals surface area contributed by atoms with Gasteiger partial charge in [-0.3, -0.25) is 4.90 Å². The summed E-state index contributed by atoms with van der Waals surface area (Å²) in [5.74, 6) is 0.770. The van der Waals surface area contributed by atoms with Crippen LogP contribution >= 0.6 is 11.6 Å². The van der Waals surface area contributed by atoms with Crippen LogP contribution in [0, 0.1) is 13.8 Å². The van der Waals surface area contributed by atoms with Crippen molar-refractivity contribution in [2.75, 3.05) is 4.90 Å². The van der Waals surface area contributed by atoms with E-state index in [1.807, 2.05) is 50.2 Å². The minimum absolute atomic E-state index is 0.0901. The van der Waals surface area contributed by atoms with Crippen LogP contribution in [-0.2, 0) is 0 Å². The Morgan fingerprint density at radius 3 is 2.75 bits per heavy atom. The van der Waals surface area contributed by atoms with Crippen molar-refractivity contribution < 1.29 is 9.53 Å². The maximum absolute atomic E-state index is 12.8. The Kier molecular flexibility index (Phi) is 3.29.